The summed E-state index contributed by atoms with van der Waals surface area (Å²) in [5, 5.41) is 0.456. The Morgan fingerprint density at radius 2 is 1.38 bits per heavy atom. The van der Waals surface area contributed by atoms with Crippen molar-refractivity contribution in [1.29, 1.82) is 0 Å². The summed E-state index contributed by atoms with van der Waals surface area (Å²) in [5.74, 6) is -4.56. The van der Waals surface area contributed by atoms with Gasteiger partial charge in [0.05, 0.1) is 23.6 Å². The molecule has 2 saturated heterocycles. The van der Waals surface area contributed by atoms with Crippen molar-refractivity contribution in [2.75, 3.05) is 4.90 Å². The number of Topliss-reactive ketones (excluding diaryl/α,β-unsaturated/α-hetero) is 2. The minimum absolute atomic E-state index is 0.209. The van der Waals surface area contributed by atoms with Gasteiger partial charge >= 0.3 is 0 Å². The Morgan fingerprint density at radius 1 is 0.794 bits per heavy atom. The van der Waals surface area contributed by atoms with Crippen LogP contribution in [0.2, 0.25) is 5.02 Å². The number of rotatable bonds is 2. The highest BCUT2D eigenvalue weighted by Crippen LogP contribution is 2.57. The fourth-order valence-corrected chi connectivity index (χ4v) is 5.54. The Morgan fingerprint density at radius 3 is 1.97 bits per heavy atom. The lowest BCUT2D eigenvalue weighted by molar-refractivity contribution is -0.127. The molecule has 2 amide bonds. The number of hydrogen-bond acceptors (Lipinski definition) is 5. The number of ether oxygens (including phenoxy) is 1. The van der Waals surface area contributed by atoms with Crippen LogP contribution >= 0.6 is 11.6 Å². The maximum absolute atomic E-state index is 13.8. The van der Waals surface area contributed by atoms with Gasteiger partial charge in [0, 0.05) is 16.1 Å². The number of aryl methyl sites for hydroxylation is 1. The van der Waals surface area contributed by atoms with Crippen molar-refractivity contribution < 1.29 is 23.9 Å². The minimum Gasteiger partial charge on any atom is -0.349 e. The van der Waals surface area contributed by atoms with Crippen LogP contribution in [-0.4, -0.2) is 29.0 Å². The van der Waals surface area contributed by atoms with Crippen molar-refractivity contribution in [3.63, 3.8) is 0 Å². The maximum atomic E-state index is 13.8. The smallest absolute Gasteiger partial charge is 0.241 e. The molecule has 1 aliphatic carbocycles. The van der Waals surface area contributed by atoms with Crippen LogP contribution in [0, 0.1) is 18.8 Å². The van der Waals surface area contributed by atoms with E-state index >= 15 is 0 Å². The first-order chi connectivity index (χ1) is 16.3. The van der Waals surface area contributed by atoms with Crippen LogP contribution in [0.25, 0.3) is 0 Å². The Kier molecular flexibility index (Phi) is 4.43. The Balaban J connectivity index is 1.54. The molecular formula is C27H18ClNO5. The largest absolute Gasteiger partial charge is 0.349 e. The summed E-state index contributed by atoms with van der Waals surface area (Å²) in [6, 6.07) is 20.1. The van der Waals surface area contributed by atoms with E-state index in [0.717, 1.165) is 10.5 Å². The van der Waals surface area contributed by atoms with E-state index in [1.54, 1.807) is 60.7 Å². The summed E-state index contributed by atoms with van der Waals surface area (Å²) in [7, 11) is 0. The molecule has 2 aliphatic heterocycles. The number of benzene rings is 3. The average Bonchev–Trinajstić information content (AvgIpc) is 3.40. The fraction of sp³-hybridized carbons (Fsp3) is 0.185. The van der Waals surface area contributed by atoms with Crippen molar-refractivity contribution in [3.8, 4) is 0 Å². The van der Waals surface area contributed by atoms with E-state index in [1.165, 1.54) is 0 Å². The second-order valence-corrected chi connectivity index (χ2v) is 9.32. The molecule has 168 valence electrons. The Bertz CT molecular complexity index is 1360. The maximum Gasteiger partial charge on any atom is 0.241 e. The topological polar surface area (TPSA) is 80.8 Å². The van der Waals surface area contributed by atoms with Crippen LogP contribution < -0.4 is 4.90 Å². The SMILES string of the molecule is Cc1ccc(C2OC3(C(=O)c4ccccc4C3=O)C3C(=O)N(c4ccc(Cl)cc4)C(=O)C23)cc1. The van der Waals surface area contributed by atoms with Crippen molar-refractivity contribution >= 4 is 40.7 Å². The summed E-state index contributed by atoms with van der Waals surface area (Å²) >= 11 is 5.99. The molecule has 3 aromatic carbocycles. The number of carbonyl (C=O) groups excluding carboxylic acids is 4. The molecular weight excluding hydrogens is 454 g/mol. The lowest BCUT2D eigenvalue weighted by atomic mass is 9.77. The van der Waals surface area contributed by atoms with Gasteiger partial charge in [0.25, 0.3) is 0 Å². The van der Waals surface area contributed by atoms with Crippen LogP contribution in [-0.2, 0) is 14.3 Å². The molecule has 3 unspecified atom stereocenters. The van der Waals surface area contributed by atoms with Gasteiger partial charge in [-0.1, -0.05) is 65.7 Å². The van der Waals surface area contributed by atoms with E-state index in [0.29, 0.717) is 16.3 Å². The van der Waals surface area contributed by atoms with Crippen molar-refractivity contribution in [2.45, 2.75) is 18.6 Å². The van der Waals surface area contributed by atoms with Crippen LogP contribution in [0.3, 0.4) is 0 Å². The molecule has 3 aliphatic rings. The van der Waals surface area contributed by atoms with E-state index in [9.17, 15) is 19.2 Å². The zero-order chi connectivity index (χ0) is 23.8. The van der Waals surface area contributed by atoms with Gasteiger partial charge in [-0.15, -0.1) is 0 Å². The fourth-order valence-electron chi connectivity index (χ4n) is 5.42. The third-order valence-corrected chi connectivity index (χ3v) is 7.26. The standard InChI is InChI=1S/C27H18ClNO5/c1-14-6-8-15(9-7-14)22-20-21(26(33)29(25(20)32)17-12-10-16(28)11-13-17)27(34-22)23(30)18-4-2-3-5-19(18)24(27)31/h2-13,20-22H,1H3. The molecule has 6 rings (SSSR count). The van der Waals surface area contributed by atoms with Crippen LogP contribution in [0.1, 0.15) is 37.9 Å². The molecule has 6 nitrogen and oxygen atoms in total. The molecule has 0 saturated carbocycles. The Labute approximate surface area is 200 Å². The number of hydrogen-bond donors (Lipinski definition) is 0. The lowest BCUT2D eigenvalue weighted by Gasteiger charge is -2.27. The number of anilines is 1. The number of imide groups is 1. The highest BCUT2D eigenvalue weighted by molar-refractivity contribution is 6.37. The summed E-state index contributed by atoms with van der Waals surface area (Å²) < 4.78 is 6.27. The molecule has 0 N–H and O–H groups in total. The average molecular weight is 472 g/mol. The number of amides is 2. The highest BCUT2D eigenvalue weighted by atomic mass is 35.5. The van der Waals surface area contributed by atoms with Crippen LogP contribution in [0.5, 0.6) is 0 Å². The van der Waals surface area contributed by atoms with E-state index in [4.69, 9.17) is 16.3 Å². The van der Waals surface area contributed by atoms with Crippen molar-refractivity contribution in [3.05, 3.63) is 100 Å². The van der Waals surface area contributed by atoms with E-state index < -0.39 is 46.9 Å². The molecule has 0 radical (unpaired) electrons. The number of ketones is 2. The lowest BCUT2D eigenvalue weighted by Crippen LogP contribution is -2.51. The van der Waals surface area contributed by atoms with Gasteiger partial charge in [-0.3, -0.25) is 19.2 Å². The quantitative estimate of drug-likeness (QED) is 0.410. The van der Waals surface area contributed by atoms with Gasteiger partial charge < -0.3 is 4.74 Å². The predicted octanol–water partition coefficient (Wildman–Crippen LogP) is 4.34. The zero-order valence-corrected chi connectivity index (χ0v) is 18.8. The highest BCUT2D eigenvalue weighted by Gasteiger charge is 2.74. The van der Waals surface area contributed by atoms with Gasteiger partial charge in [-0.05, 0) is 36.8 Å². The van der Waals surface area contributed by atoms with Gasteiger partial charge in [-0.25, -0.2) is 4.90 Å². The summed E-state index contributed by atoms with van der Waals surface area (Å²) in [6.07, 6.45) is -0.929. The van der Waals surface area contributed by atoms with E-state index in [2.05, 4.69) is 0 Å². The third kappa shape index (κ3) is 2.61. The van der Waals surface area contributed by atoms with Crippen LogP contribution in [0.4, 0.5) is 5.69 Å². The second-order valence-electron chi connectivity index (χ2n) is 8.88. The summed E-state index contributed by atoms with van der Waals surface area (Å²) in [4.78, 5) is 56.0. The zero-order valence-electron chi connectivity index (χ0n) is 18.0. The monoisotopic (exact) mass is 471 g/mol. The molecule has 3 aromatic rings. The summed E-state index contributed by atoms with van der Waals surface area (Å²) in [5.41, 5.74) is 0.319. The van der Waals surface area contributed by atoms with E-state index in [1.807, 2.05) is 19.1 Å². The molecule has 1 spiro atoms. The number of carbonyl (C=O) groups is 4. The molecule has 2 heterocycles. The first-order valence-corrected chi connectivity index (χ1v) is 11.3. The van der Waals surface area contributed by atoms with Gasteiger partial charge in [0.15, 0.2) is 0 Å². The second kappa shape index (κ2) is 7.19. The molecule has 2 fully saturated rings. The molecule has 0 aromatic heterocycles. The third-order valence-electron chi connectivity index (χ3n) is 7.01. The van der Waals surface area contributed by atoms with Gasteiger partial charge in [0.2, 0.25) is 29.0 Å². The van der Waals surface area contributed by atoms with Gasteiger partial charge in [-0.2, -0.15) is 0 Å². The molecule has 7 heteroatoms. The van der Waals surface area contributed by atoms with Crippen molar-refractivity contribution in [1.82, 2.24) is 0 Å². The first kappa shape index (κ1) is 21.0. The number of fused-ring (bicyclic) bond motifs is 3. The van der Waals surface area contributed by atoms with Gasteiger partial charge in [0.1, 0.15) is 0 Å². The molecule has 34 heavy (non-hydrogen) atoms. The number of nitrogens with zero attached hydrogens (tertiary/aromatic N) is 1. The molecule has 0 bridgehead atoms. The van der Waals surface area contributed by atoms with Crippen LogP contribution in [0.15, 0.2) is 72.8 Å². The Hall–Kier alpha value is -3.61. The first-order valence-electron chi connectivity index (χ1n) is 10.9. The minimum atomic E-state index is -2.07. The van der Waals surface area contributed by atoms with E-state index in [-0.39, 0.29) is 11.1 Å². The van der Waals surface area contributed by atoms with Crippen molar-refractivity contribution in [2.24, 2.45) is 11.8 Å². The normalized spacial score (nSPS) is 24.8. The molecule has 3 atom stereocenters. The predicted molar refractivity (Wildman–Crippen MR) is 124 cm³/mol. The number of halogens is 1. The summed E-state index contributed by atoms with van der Waals surface area (Å²) in [6.45, 7) is 1.93.